The van der Waals surface area contributed by atoms with Crippen LogP contribution in [0.5, 0.6) is 0 Å². The molecule has 1 atom stereocenters. The van der Waals surface area contributed by atoms with Crippen molar-refractivity contribution in [2.45, 2.75) is 18.7 Å². The van der Waals surface area contributed by atoms with Crippen molar-refractivity contribution in [3.63, 3.8) is 0 Å². The van der Waals surface area contributed by atoms with E-state index in [9.17, 15) is 14.0 Å². The lowest BCUT2D eigenvalue weighted by Crippen LogP contribution is -2.31. The van der Waals surface area contributed by atoms with Crippen molar-refractivity contribution in [2.75, 3.05) is 11.1 Å². The zero-order valence-electron chi connectivity index (χ0n) is 12.5. The van der Waals surface area contributed by atoms with Crippen molar-refractivity contribution in [1.82, 2.24) is 5.32 Å². The van der Waals surface area contributed by atoms with Crippen LogP contribution in [0.25, 0.3) is 0 Å². The molecule has 7 heteroatoms. The lowest BCUT2D eigenvalue weighted by molar-refractivity contribution is -0.120. The molecule has 0 saturated carbocycles. The summed E-state index contributed by atoms with van der Waals surface area (Å²) in [4.78, 5) is 24.8. The number of amides is 2. The van der Waals surface area contributed by atoms with Crippen molar-refractivity contribution in [2.24, 2.45) is 0 Å². The molecule has 1 aromatic carbocycles. The van der Waals surface area contributed by atoms with Crippen LogP contribution in [0, 0.1) is 5.82 Å². The fraction of sp³-hybridized carbons (Fsp3) is 0.250. The van der Waals surface area contributed by atoms with E-state index in [2.05, 4.69) is 10.6 Å². The van der Waals surface area contributed by atoms with Gasteiger partial charge in [0.15, 0.2) is 0 Å². The van der Waals surface area contributed by atoms with Crippen LogP contribution < -0.4 is 10.6 Å². The van der Waals surface area contributed by atoms with Crippen LogP contribution in [0.1, 0.15) is 11.8 Å². The van der Waals surface area contributed by atoms with E-state index in [0.717, 1.165) is 4.88 Å². The average molecular weight is 352 g/mol. The van der Waals surface area contributed by atoms with E-state index in [-0.39, 0.29) is 28.6 Å². The summed E-state index contributed by atoms with van der Waals surface area (Å²) >= 11 is 2.84. The minimum absolute atomic E-state index is 0.0991. The highest BCUT2D eigenvalue weighted by Crippen LogP contribution is 2.14. The maximum atomic E-state index is 12.8. The van der Waals surface area contributed by atoms with Gasteiger partial charge in [-0.1, -0.05) is 6.07 Å². The Labute approximate surface area is 142 Å². The van der Waals surface area contributed by atoms with Gasteiger partial charge in [0, 0.05) is 10.6 Å². The molecule has 0 bridgehead atoms. The van der Waals surface area contributed by atoms with Crippen molar-refractivity contribution in [3.05, 3.63) is 52.5 Å². The third kappa shape index (κ3) is 6.03. The maximum absolute atomic E-state index is 12.8. The predicted molar refractivity (Wildman–Crippen MR) is 93.1 cm³/mol. The average Bonchev–Trinajstić information content (AvgIpc) is 3.06. The number of thioether (sulfide) groups is 1. The Hall–Kier alpha value is -1.86. The third-order valence-corrected chi connectivity index (χ3v) is 5.00. The topological polar surface area (TPSA) is 58.2 Å². The van der Waals surface area contributed by atoms with Gasteiger partial charge in [0.25, 0.3) is 0 Å². The number of carbonyl (C=O) groups is 2. The summed E-state index contributed by atoms with van der Waals surface area (Å²) in [5.74, 6) is -0.517. The van der Waals surface area contributed by atoms with E-state index in [0.29, 0.717) is 12.2 Å². The van der Waals surface area contributed by atoms with Crippen LogP contribution >= 0.6 is 23.1 Å². The van der Waals surface area contributed by atoms with E-state index in [1.54, 1.807) is 18.3 Å². The van der Waals surface area contributed by atoms with Crippen LogP contribution in [-0.4, -0.2) is 22.8 Å². The molecule has 0 aliphatic rings. The molecule has 23 heavy (non-hydrogen) atoms. The van der Waals surface area contributed by atoms with E-state index in [4.69, 9.17) is 0 Å². The summed E-state index contributed by atoms with van der Waals surface area (Å²) in [7, 11) is 0. The summed E-state index contributed by atoms with van der Waals surface area (Å²) in [5.41, 5.74) is 0.534. The molecule has 0 aliphatic heterocycles. The van der Waals surface area contributed by atoms with Gasteiger partial charge in [0.05, 0.1) is 17.5 Å². The van der Waals surface area contributed by atoms with E-state index < -0.39 is 0 Å². The molecule has 1 heterocycles. The number of rotatable bonds is 7. The molecular weight excluding hydrogens is 335 g/mol. The highest BCUT2D eigenvalue weighted by atomic mass is 32.2. The van der Waals surface area contributed by atoms with Gasteiger partial charge in [-0.3, -0.25) is 9.59 Å². The smallest absolute Gasteiger partial charge is 0.234 e. The first-order valence-corrected chi connectivity index (χ1v) is 8.94. The van der Waals surface area contributed by atoms with E-state index in [1.165, 1.54) is 36.0 Å². The second-order valence-corrected chi connectivity index (χ2v) is 7.17. The first-order valence-electron chi connectivity index (χ1n) is 7.01. The maximum Gasteiger partial charge on any atom is 0.234 e. The zero-order chi connectivity index (χ0) is 16.7. The fourth-order valence-electron chi connectivity index (χ4n) is 1.74. The molecule has 2 N–H and O–H groups in total. The molecule has 2 aromatic rings. The highest BCUT2D eigenvalue weighted by molar-refractivity contribution is 8.01. The van der Waals surface area contributed by atoms with Gasteiger partial charge in [-0.05, 0) is 42.6 Å². The Balaban J connectivity index is 1.70. The van der Waals surface area contributed by atoms with Crippen molar-refractivity contribution in [3.8, 4) is 0 Å². The minimum Gasteiger partial charge on any atom is -0.350 e. The Morgan fingerprint density at radius 3 is 2.65 bits per heavy atom. The molecule has 4 nitrogen and oxygen atoms in total. The van der Waals surface area contributed by atoms with Gasteiger partial charge in [0.2, 0.25) is 11.8 Å². The number of carbonyl (C=O) groups excluding carboxylic acids is 2. The fourth-order valence-corrected chi connectivity index (χ4v) is 3.09. The van der Waals surface area contributed by atoms with Gasteiger partial charge < -0.3 is 10.6 Å². The number of hydrogen-bond donors (Lipinski definition) is 2. The predicted octanol–water partition coefficient (Wildman–Crippen LogP) is 3.26. The molecule has 0 saturated heterocycles. The summed E-state index contributed by atoms with van der Waals surface area (Å²) in [6.45, 7) is 2.27. The third-order valence-electron chi connectivity index (χ3n) is 2.98. The summed E-state index contributed by atoms with van der Waals surface area (Å²) < 4.78 is 12.8. The number of anilines is 1. The Bertz CT molecular complexity index is 645. The molecule has 0 spiro atoms. The zero-order valence-corrected chi connectivity index (χ0v) is 14.2. The first-order chi connectivity index (χ1) is 11.0. The van der Waals surface area contributed by atoms with E-state index >= 15 is 0 Å². The molecule has 2 amide bonds. The number of benzene rings is 1. The molecule has 0 fully saturated rings. The molecule has 0 aliphatic carbocycles. The van der Waals surface area contributed by atoms with Gasteiger partial charge in [-0.15, -0.1) is 23.1 Å². The standard InChI is InChI=1S/C16H17FN2O2S2/c1-11(16(21)18-9-14-3-2-8-22-14)23-10-15(20)19-13-6-4-12(17)5-7-13/h2-8,11H,9-10H2,1H3,(H,18,21)(H,19,20). The minimum atomic E-state index is -0.353. The van der Waals surface area contributed by atoms with Crippen molar-refractivity contribution >= 4 is 40.6 Å². The van der Waals surface area contributed by atoms with Gasteiger partial charge in [-0.2, -0.15) is 0 Å². The van der Waals surface area contributed by atoms with Gasteiger partial charge >= 0.3 is 0 Å². The SMILES string of the molecule is CC(SCC(=O)Nc1ccc(F)cc1)C(=O)NCc1cccs1. The Morgan fingerprint density at radius 2 is 2.00 bits per heavy atom. The largest absolute Gasteiger partial charge is 0.350 e. The molecule has 122 valence electrons. The summed E-state index contributed by atoms with van der Waals surface area (Å²) in [5, 5.41) is 7.14. The van der Waals surface area contributed by atoms with Crippen LogP contribution in [-0.2, 0) is 16.1 Å². The second-order valence-electron chi connectivity index (χ2n) is 4.81. The summed E-state index contributed by atoms with van der Waals surface area (Å²) in [6, 6.07) is 9.44. The number of hydrogen-bond acceptors (Lipinski definition) is 4. The Kier molecular flexibility index (Phi) is 6.61. The normalized spacial score (nSPS) is 11.7. The lowest BCUT2D eigenvalue weighted by Gasteiger charge is -2.11. The number of nitrogens with one attached hydrogen (secondary N) is 2. The summed E-state index contributed by atoms with van der Waals surface area (Å²) in [6.07, 6.45) is 0. The van der Waals surface area contributed by atoms with Gasteiger partial charge in [0.1, 0.15) is 5.82 Å². The lowest BCUT2D eigenvalue weighted by atomic mass is 10.3. The molecule has 0 radical (unpaired) electrons. The molecule has 1 aromatic heterocycles. The molecule has 1 unspecified atom stereocenters. The first kappa shape index (κ1) is 17.5. The second kappa shape index (κ2) is 8.69. The van der Waals surface area contributed by atoms with Crippen LogP contribution in [0.15, 0.2) is 41.8 Å². The van der Waals surface area contributed by atoms with Gasteiger partial charge in [-0.25, -0.2) is 4.39 Å². The highest BCUT2D eigenvalue weighted by Gasteiger charge is 2.15. The Morgan fingerprint density at radius 1 is 1.26 bits per heavy atom. The monoisotopic (exact) mass is 352 g/mol. The quantitative estimate of drug-likeness (QED) is 0.804. The van der Waals surface area contributed by atoms with E-state index in [1.807, 2.05) is 17.5 Å². The molecule has 2 rings (SSSR count). The van der Waals surface area contributed by atoms with Crippen molar-refractivity contribution < 1.29 is 14.0 Å². The van der Waals surface area contributed by atoms with Crippen LogP contribution in [0.4, 0.5) is 10.1 Å². The van der Waals surface area contributed by atoms with Crippen LogP contribution in [0.3, 0.4) is 0 Å². The van der Waals surface area contributed by atoms with Crippen LogP contribution in [0.2, 0.25) is 0 Å². The number of halogens is 1. The van der Waals surface area contributed by atoms with Crippen molar-refractivity contribution in [1.29, 1.82) is 0 Å². The number of thiophene rings is 1. The molecular formula is C16H17FN2O2S2.